The highest BCUT2D eigenvalue weighted by molar-refractivity contribution is 5.87. The van der Waals surface area contributed by atoms with Gasteiger partial charge < -0.3 is 15.4 Å². The average molecular weight is 450 g/mol. The van der Waals surface area contributed by atoms with E-state index >= 15 is 0 Å². The molecule has 0 bridgehead atoms. The summed E-state index contributed by atoms with van der Waals surface area (Å²) in [5.74, 6) is -1.61. The third kappa shape index (κ3) is 7.72. The standard InChI is InChI=1S/C23H25F3N2O4/c1-15(17-6-4-3-5-7-17)27-20(29)12-13-21(30)28-19(22(31)32-2)14-16-8-10-18(11-9-16)23(24,25)26/h3-11,15,19H,12-14H2,1-2H3,(H,27,29)(H,28,30)/t15-,19+/m1/s1. The minimum Gasteiger partial charge on any atom is -0.467 e. The smallest absolute Gasteiger partial charge is 0.416 e. The van der Waals surface area contributed by atoms with Crippen LogP contribution < -0.4 is 10.6 Å². The van der Waals surface area contributed by atoms with E-state index < -0.39 is 29.7 Å². The number of benzene rings is 2. The number of carbonyl (C=O) groups excluding carboxylic acids is 3. The van der Waals surface area contributed by atoms with Crippen LogP contribution in [0.1, 0.15) is 42.5 Å². The Morgan fingerprint density at radius 1 is 0.906 bits per heavy atom. The molecule has 0 fully saturated rings. The number of esters is 1. The summed E-state index contributed by atoms with van der Waals surface area (Å²) in [6, 6.07) is 12.3. The van der Waals surface area contributed by atoms with Crippen LogP contribution in [0.25, 0.3) is 0 Å². The van der Waals surface area contributed by atoms with E-state index in [0.717, 1.165) is 24.8 Å². The van der Waals surface area contributed by atoms with Crippen molar-refractivity contribution in [2.45, 2.75) is 44.4 Å². The molecule has 0 aliphatic heterocycles. The molecule has 0 aliphatic carbocycles. The summed E-state index contributed by atoms with van der Waals surface area (Å²) in [4.78, 5) is 36.4. The number of nitrogens with one attached hydrogen (secondary N) is 2. The fourth-order valence-corrected chi connectivity index (χ4v) is 3.03. The Kier molecular flexibility index (Phi) is 8.80. The van der Waals surface area contributed by atoms with Gasteiger partial charge in [0.05, 0.1) is 18.7 Å². The van der Waals surface area contributed by atoms with Crippen LogP contribution in [0.4, 0.5) is 13.2 Å². The predicted octanol–water partition coefficient (Wildman–Crippen LogP) is 3.56. The van der Waals surface area contributed by atoms with Crippen LogP contribution in [-0.2, 0) is 31.7 Å². The summed E-state index contributed by atoms with van der Waals surface area (Å²) >= 11 is 0. The zero-order chi connectivity index (χ0) is 23.7. The lowest BCUT2D eigenvalue weighted by Gasteiger charge is -2.17. The highest BCUT2D eigenvalue weighted by Crippen LogP contribution is 2.29. The molecule has 32 heavy (non-hydrogen) atoms. The number of halogens is 3. The Hall–Kier alpha value is -3.36. The van der Waals surface area contributed by atoms with Gasteiger partial charge in [-0.15, -0.1) is 0 Å². The molecule has 172 valence electrons. The fourth-order valence-electron chi connectivity index (χ4n) is 3.03. The fraction of sp³-hybridized carbons (Fsp3) is 0.348. The molecular formula is C23H25F3N2O4. The first kappa shape index (κ1) is 24.9. The van der Waals surface area contributed by atoms with Gasteiger partial charge >= 0.3 is 12.1 Å². The lowest BCUT2D eigenvalue weighted by atomic mass is 10.0. The maximum Gasteiger partial charge on any atom is 0.416 e. The number of alkyl halides is 3. The molecule has 0 aromatic heterocycles. The van der Waals surface area contributed by atoms with E-state index in [1.807, 2.05) is 37.3 Å². The molecule has 0 saturated carbocycles. The van der Waals surface area contributed by atoms with Gasteiger partial charge in [0.1, 0.15) is 6.04 Å². The largest absolute Gasteiger partial charge is 0.467 e. The van der Waals surface area contributed by atoms with Crippen LogP contribution in [-0.4, -0.2) is 30.9 Å². The van der Waals surface area contributed by atoms with Crippen molar-refractivity contribution in [2.24, 2.45) is 0 Å². The molecule has 0 heterocycles. The summed E-state index contributed by atoms with van der Waals surface area (Å²) in [5.41, 5.74) is 0.534. The number of hydrogen-bond donors (Lipinski definition) is 2. The monoisotopic (exact) mass is 450 g/mol. The summed E-state index contributed by atoms with van der Waals surface area (Å²) in [7, 11) is 1.15. The van der Waals surface area contributed by atoms with Crippen LogP contribution in [0.5, 0.6) is 0 Å². The minimum absolute atomic E-state index is 0.0478. The molecule has 0 aliphatic rings. The molecule has 2 rings (SSSR count). The van der Waals surface area contributed by atoms with Crippen molar-refractivity contribution in [3.8, 4) is 0 Å². The number of carbonyl (C=O) groups is 3. The van der Waals surface area contributed by atoms with Crippen molar-refractivity contribution in [3.63, 3.8) is 0 Å². The van der Waals surface area contributed by atoms with E-state index in [-0.39, 0.29) is 31.2 Å². The molecule has 2 aromatic rings. The molecule has 0 unspecified atom stereocenters. The number of amides is 2. The van der Waals surface area contributed by atoms with E-state index in [1.54, 1.807) is 0 Å². The highest BCUT2D eigenvalue weighted by Gasteiger charge is 2.30. The van der Waals surface area contributed by atoms with Gasteiger partial charge in [-0.2, -0.15) is 13.2 Å². The first-order valence-corrected chi connectivity index (χ1v) is 9.97. The van der Waals surface area contributed by atoms with Crippen LogP contribution >= 0.6 is 0 Å². The number of ether oxygens (including phenoxy) is 1. The molecule has 6 nitrogen and oxygen atoms in total. The number of methoxy groups -OCH3 is 1. The molecule has 2 atom stereocenters. The van der Waals surface area contributed by atoms with E-state index in [2.05, 4.69) is 15.4 Å². The van der Waals surface area contributed by atoms with Crippen molar-refractivity contribution < 1.29 is 32.3 Å². The second-order valence-corrected chi connectivity index (χ2v) is 7.24. The second kappa shape index (κ2) is 11.3. The number of rotatable bonds is 9. The van der Waals surface area contributed by atoms with Crippen LogP contribution in [0.2, 0.25) is 0 Å². The lowest BCUT2D eigenvalue weighted by Crippen LogP contribution is -2.43. The maximum atomic E-state index is 12.7. The predicted molar refractivity (Wildman–Crippen MR) is 111 cm³/mol. The zero-order valence-corrected chi connectivity index (χ0v) is 17.7. The van der Waals surface area contributed by atoms with Gasteiger partial charge in [0, 0.05) is 19.3 Å². The molecule has 0 radical (unpaired) electrons. The second-order valence-electron chi connectivity index (χ2n) is 7.24. The topological polar surface area (TPSA) is 84.5 Å². The molecule has 2 amide bonds. The third-order valence-electron chi connectivity index (χ3n) is 4.80. The molecule has 0 saturated heterocycles. The van der Waals surface area contributed by atoms with Crippen molar-refractivity contribution in [3.05, 3.63) is 71.3 Å². The van der Waals surface area contributed by atoms with Crippen LogP contribution in [0.15, 0.2) is 54.6 Å². The summed E-state index contributed by atoms with van der Waals surface area (Å²) < 4.78 is 42.8. The van der Waals surface area contributed by atoms with E-state index in [4.69, 9.17) is 0 Å². The van der Waals surface area contributed by atoms with Gasteiger partial charge in [0.15, 0.2) is 0 Å². The van der Waals surface area contributed by atoms with Gasteiger partial charge in [0.2, 0.25) is 11.8 Å². The molecule has 9 heteroatoms. The minimum atomic E-state index is -4.47. The molecule has 2 aromatic carbocycles. The Labute approximate surface area is 184 Å². The van der Waals surface area contributed by atoms with Gasteiger partial charge in [-0.1, -0.05) is 42.5 Å². The van der Waals surface area contributed by atoms with Gasteiger partial charge in [-0.3, -0.25) is 9.59 Å². The number of hydrogen-bond acceptors (Lipinski definition) is 4. The quantitative estimate of drug-likeness (QED) is 0.572. The van der Waals surface area contributed by atoms with E-state index in [1.165, 1.54) is 12.1 Å². The van der Waals surface area contributed by atoms with Crippen LogP contribution in [0.3, 0.4) is 0 Å². The van der Waals surface area contributed by atoms with Crippen molar-refractivity contribution in [2.75, 3.05) is 7.11 Å². The van der Waals surface area contributed by atoms with E-state index in [0.29, 0.717) is 5.56 Å². The summed E-state index contributed by atoms with van der Waals surface area (Å²) in [6.07, 6.45) is -4.76. The molecule has 2 N–H and O–H groups in total. The zero-order valence-electron chi connectivity index (χ0n) is 17.7. The van der Waals surface area contributed by atoms with Gasteiger partial charge in [-0.05, 0) is 30.2 Å². The van der Waals surface area contributed by atoms with Crippen molar-refractivity contribution >= 4 is 17.8 Å². The van der Waals surface area contributed by atoms with Gasteiger partial charge in [-0.25, -0.2) is 4.79 Å². The summed E-state index contributed by atoms with van der Waals surface area (Å²) in [6.45, 7) is 1.82. The summed E-state index contributed by atoms with van der Waals surface area (Å²) in [5, 5.41) is 5.28. The SMILES string of the molecule is COC(=O)[C@H](Cc1ccc(C(F)(F)F)cc1)NC(=O)CCC(=O)N[C@H](C)c1ccccc1. The first-order valence-electron chi connectivity index (χ1n) is 9.97. The highest BCUT2D eigenvalue weighted by atomic mass is 19.4. The van der Waals surface area contributed by atoms with Crippen molar-refractivity contribution in [1.82, 2.24) is 10.6 Å². The Morgan fingerprint density at radius 3 is 2.00 bits per heavy atom. The maximum absolute atomic E-state index is 12.7. The molecule has 0 spiro atoms. The van der Waals surface area contributed by atoms with Crippen LogP contribution in [0, 0.1) is 0 Å². The first-order chi connectivity index (χ1) is 15.1. The van der Waals surface area contributed by atoms with Gasteiger partial charge in [0.25, 0.3) is 0 Å². The van der Waals surface area contributed by atoms with E-state index in [9.17, 15) is 27.6 Å². The Balaban J connectivity index is 1.89. The Bertz CT molecular complexity index is 915. The van der Waals surface area contributed by atoms with Crippen molar-refractivity contribution in [1.29, 1.82) is 0 Å². The normalized spacial score (nSPS) is 13.0. The average Bonchev–Trinajstić information content (AvgIpc) is 2.77. The molecular weight excluding hydrogens is 425 g/mol. The Morgan fingerprint density at radius 2 is 1.47 bits per heavy atom. The third-order valence-corrected chi connectivity index (χ3v) is 4.80. The lowest BCUT2D eigenvalue weighted by molar-refractivity contribution is -0.145.